The van der Waals surface area contributed by atoms with Gasteiger partial charge in [-0.25, -0.2) is 4.98 Å². The topological polar surface area (TPSA) is 36.4 Å². The molecule has 1 atom stereocenters. The predicted octanol–water partition coefficient (Wildman–Crippen LogP) is 3.41. The van der Waals surface area contributed by atoms with Crippen molar-refractivity contribution in [2.45, 2.75) is 19.8 Å². The first kappa shape index (κ1) is 13.7. The summed E-state index contributed by atoms with van der Waals surface area (Å²) < 4.78 is 0. The summed E-state index contributed by atoms with van der Waals surface area (Å²) in [5.41, 5.74) is 2.16. The minimum Gasteiger partial charge on any atom is -0.396 e. The van der Waals surface area contributed by atoms with Gasteiger partial charge in [0.1, 0.15) is 5.82 Å². The molecule has 1 saturated heterocycles. The second-order valence-electron chi connectivity index (χ2n) is 5.60. The maximum Gasteiger partial charge on any atom is 0.129 e. The first-order chi connectivity index (χ1) is 9.67. The zero-order valence-corrected chi connectivity index (χ0v) is 12.4. The van der Waals surface area contributed by atoms with Gasteiger partial charge < -0.3 is 10.0 Å². The summed E-state index contributed by atoms with van der Waals surface area (Å²) in [6, 6.07) is 7.98. The number of rotatable bonds is 2. The van der Waals surface area contributed by atoms with Crippen LogP contribution >= 0.6 is 11.6 Å². The predicted molar refractivity (Wildman–Crippen MR) is 83.5 cm³/mol. The third-order valence-corrected chi connectivity index (χ3v) is 4.30. The van der Waals surface area contributed by atoms with E-state index in [1.54, 1.807) is 0 Å². The molecule has 1 aliphatic heterocycles. The lowest BCUT2D eigenvalue weighted by Gasteiger charge is -2.33. The van der Waals surface area contributed by atoms with Crippen LogP contribution in [0.3, 0.4) is 0 Å². The summed E-state index contributed by atoms with van der Waals surface area (Å²) in [4.78, 5) is 7.02. The van der Waals surface area contributed by atoms with Crippen molar-refractivity contribution in [2.24, 2.45) is 5.92 Å². The number of piperidine rings is 1. The number of aromatic nitrogens is 1. The molecule has 0 amide bonds. The van der Waals surface area contributed by atoms with Crippen LogP contribution in [0.1, 0.15) is 18.4 Å². The van der Waals surface area contributed by atoms with E-state index >= 15 is 0 Å². The summed E-state index contributed by atoms with van der Waals surface area (Å²) in [5, 5.41) is 11.2. The Morgan fingerprint density at radius 2 is 2.25 bits per heavy atom. The molecule has 20 heavy (non-hydrogen) atoms. The molecule has 2 aromatic rings. The van der Waals surface area contributed by atoms with Gasteiger partial charge in [0.05, 0.1) is 5.52 Å². The largest absolute Gasteiger partial charge is 0.396 e. The highest BCUT2D eigenvalue weighted by Crippen LogP contribution is 2.27. The van der Waals surface area contributed by atoms with Gasteiger partial charge in [0.2, 0.25) is 0 Å². The Hall–Kier alpha value is -1.32. The van der Waals surface area contributed by atoms with E-state index in [9.17, 15) is 5.11 Å². The lowest BCUT2D eigenvalue weighted by atomic mass is 9.99. The highest BCUT2D eigenvalue weighted by atomic mass is 35.5. The second kappa shape index (κ2) is 5.58. The van der Waals surface area contributed by atoms with Crippen molar-refractivity contribution in [2.75, 3.05) is 24.6 Å². The fourth-order valence-corrected chi connectivity index (χ4v) is 3.11. The fraction of sp³-hybridized carbons (Fsp3) is 0.438. The van der Waals surface area contributed by atoms with Crippen LogP contribution in [0.25, 0.3) is 10.9 Å². The van der Waals surface area contributed by atoms with Crippen LogP contribution in [-0.2, 0) is 0 Å². The van der Waals surface area contributed by atoms with Gasteiger partial charge in [0, 0.05) is 30.1 Å². The van der Waals surface area contributed by atoms with E-state index < -0.39 is 0 Å². The van der Waals surface area contributed by atoms with Crippen molar-refractivity contribution in [3.05, 3.63) is 34.9 Å². The van der Waals surface area contributed by atoms with Crippen molar-refractivity contribution in [1.82, 2.24) is 4.98 Å². The molecule has 1 fully saturated rings. The van der Waals surface area contributed by atoms with E-state index in [1.807, 2.05) is 18.2 Å². The Morgan fingerprint density at radius 1 is 1.40 bits per heavy atom. The minimum absolute atomic E-state index is 0.259. The van der Waals surface area contributed by atoms with Gasteiger partial charge in [-0.15, -0.1) is 0 Å². The van der Waals surface area contributed by atoms with Gasteiger partial charge in [-0.3, -0.25) is 0 Å². The van der Waals surface area contributed by atoms with Crippen molar-refractivity contribution in [1.29, 1.82) is 0 Å². The quantitative estimate of drug-likeness (QED) is 0.921. The maximum atomic E-state index is 9.35. The van der Waals surface area contributed by atoms with E-state index in [4.69, 9.17) is 16.6 Å². The summed E-state index contributed by atoms with van der Waals surface area (Å²) in [6.07, 6.45) is 2.21. The number of halogens is 1. The average Bonchev–Trinajstić information content (AvgIpc) is 2.46. The third-order valence-electron chi connectivity index (χ3n) is 4.07. The lowest BCUT2D eigenvalue weighted by Crippen LogP contribution is -2.37. The van der Waals surface area contributed by atoms with E-state index in [0.717, 1.165) is 42.7 Å². The number of hydrogen-bond acceptors (Lipinski definition) is 3. The molecular formula is C16H19ClN2O. The van der Waals surface area contributed by atoms with Gasteiger partial charge >= 0.3 is 0 Å². The molecule has 0 bridgehead atoms. The second-order valence-corrected chi connectivity index (χ2v) is 6.03. The monoisotopic (exact) mass is 290 g/mol. The van der Waals surface area contributed by atoms with Crippen LogP contribution in [0.4, 0.5) is 5.82 Å². The molecule has 106 valence electrons. The number of aliphatic hydroxyl groups excluding tert-OH is 1. The van der Waals surface area contributed by atoms with Crippen LogP contribution in [0.2, 0.25) is 5.02 Å². The molecular weight excluding hydrogens is 272 g/mol. The number of anilines is 1. The van der Waals surface area contributed by atoms with Gasteiger partial charge in [0.15, 0.2) is 0 Å². The maximum absolute atomic E-state index is 9.35. The molecule has 1 aromatic heterocycles. The molecule has 3 rings (SSSR count). The summed E-state index contributed by atoms with van der Waals surface area (Å²) in [5.74, 6) is 1.36. The van der Waals surface area contributed by atoms with Gasteiger partial charge in [-0.05, 0) is 49.4 Å². The Morgan fingerprint density at radius 3 is 3.05 bits per heavy atom. The highest BCUT2D eigenvalue weighted by molar-refractivity contribution is 6.31. The molecule has 1 aromatic carbocycles. The zero-order valence-electron chi connectivity index (χ0n) is 11.6. The van der Waals surface area contributed by atoms with E-state index in [-0.39, 0.29) is 6.61 Å². The summed E-state index contributed by atoms with van der Waals surface area (Å²) in [7, 11) is 0. The van der Waals surface area contributed by atoms with Crippen LogP contribution < -0.4 is 4.90 Å². The Balaban J connectivity index is 1.99. The Kier molecular flexibility index (Phi) is 3.81. The normalized spacial score (nSPS) is 19.6. The van der Waals surface area contributed by atoms with Crippen molar-refractivity contribution >= 4 is 28.3 Å². The smallest absolute Gasteiger partial charge is 0.129 e. The molecule has 4 heteroatoms. The van der Waals surface area contributed by atoms with Crippen LogP contribution in [0, 0.1) is 12.8 Å². The van der Waals surface area contributed by atoms with Crippen LogP contribution in [0.5, 0.6) is 0 Å². The lowest BCUT2D eigenvalue weighted by molar-refractivity contribution is 0.208. The van der Waals surface area contributed by atoms with E-state index in [2.05, 4.69) is 17.9 Å². The number of aliphatic hydroxyl groups is 1. The van der Waals surface area contributed by atoms with Crippen LogP contribution in [-0.4, -0.2) is 29.8 Å². The average molecular weight is 291 g/mol. The standard InChI is InChI=1S/C16H19ClN2O/c1-11-7-16(19-6-2-3-12(9-19)10-20)18-15-8-13(17)4-5-14(11)15/h4-5,7-8,12,20H,2-3,6,9-10H2,1H3/t12-/m1/s1. The molecule has 0 aliphatic carbocycles. The fourth-order valence-electron chi connectivity index (χ4n) is 2.94. The number of hydrogen-bond donors (Lipinski definition) is 1. The SMILES string of the molecule is Cc1cc(N2CCC[C@@H](CO)C2)nc2cc(Cl)ccc12. The number of fused-ring (bicyclic) bond motifs is 1. The first-order valence-corrected chi connectivity index (χ1v) is 7.48. The molecule has 0 radical (unpaired) electrons. The molecule has 1 aliphatic rings. The van der Waals surface area contributed by atoms with Crippen molar-refractivity contribution in [3.63, 3.8) is 0 Å². The summed E-state index contributed by atoms with van der Waals surface area (Å²) in [6.45, 7) is 4.26. The minimum atomic E-state index is 0.259. The highest BCUT2D eigenvalue weighted by Gasteiger charge is 2.20. The van der Waals surface area contributed by atoms with Crippen molar-refractivity contribution < 1.29 is 5.11 Å². The van der Waals surface area contributed by atoms with E-state index in [1.165, 1.54) is 5.56 Å². The number of aryl methyl sites for hydroxylation is 1. The molecule has 1 N–H and O–H groups in total. The number of pyridine rings is 1. The molecule has 0 spiro atoms. The molecule has 0 unspecified atom stereocenters. The molecule has 2 heterocycles. The summed E-state index contributed by atoms with van der Waals surface area (Å²) >= 11 is 6.07. The molecule has 0 saturated carbocycles. The Bertz CT molecular complexity index is 629. The van der Waals surface area contributed by atoms with Gasteiger partial charge in [-0.2, -0.15) is 0 Å². The van der Waals surface area contributed by atoms with E-state index in [0.29, 0.717) is 10.9 Å². The number of benzene rings is 1. The number of nitrogens with zero attached hydrogens (tertiary/aromatic N) is 2. The Labute approximate surface area is 124 Å². The van der Waals surface area contributed by atoms with Crippen molar-refractivity contribution in [3.8, 4) is 0 Å². The van der Waals surface area contributed by atoms with Crippen LogP contribution in [0.15, 0.2) is 24.3 Å². The molecule has 3 nitrogen and oxygen atoms in total. The zero-order chi connectivity index (χ0) is 14.1. The van der Waals surface area contributed by atoms with Gasteiger partial charge in [-0.1, -0.05) is 17.7 Å². The third kappa shape index (κ3) is 2.60. The van der Waals surface area contributed by atoms with Gasteiger partial charge in [0.25, 0.3) is 0 Å². The first-order valence-electron chi connectivity index (χ1n) is 7.10.